The van der Waals surface area contributed by atoms with Gasteiger partial charge in [-0.25, -0.2) is 13.2 Å². The molecule has 0 unspecified atom stereocenters. The highest BCUT2D eigenvalue weighted by atomic mass is 32.2. The molecule has 1 aliphatic rings. The summed E-state index contributed by atoms with van der Waals surface area (Å²) in [6, 6.07) is 0.990. The van der Waals surface area contributed by atoms with Gasteiger partial charge in [0.1, 0.15) is 11.6 Å². The standard InChI is InChI=1S/C17H19F3N4O4S/c1-10-21-22-16-9-23(3-4-24(10)16)17(25)7-12(28-29(2,26)27)5-11-6-14(19)15(20)8-13(11)18/h6,8,12H,3-5,7,9H2,1-2H3/t12-/m1/s1. The number of carbonyl (C=O) groups is 1. The van der Waals surface area contributed by atoms with Gasteiger partial charge in [-0.1, -0.05) is 0 Å². The van der Waals surface area contributed by atoms with Crippen LogP contribution >= 0.6 is 0 Å². The molecule has 29 heavy (non-hydrogen) atoms. The van der Waals surface area contributed by atoms with E-state index in [-0.39, 0.29) is 12.1 Å². The zero-order chi connectivity index (χ0) is 21.3. The summed E-state index contributed by atoms with van der Waals surface area (Å²) in [7, 11) is -3.98. The second-order valence-electron chi connectivity index (χ2n) is 6.82. The second-order valence-corrected chi connectivity index (χ2v) is 8.42. The number of rotatable bonds is 6. The molecule has 1 aliphatic heterocycles. The number of hydrogen-bond acceptors (Lipinski definition) is 6. The summed E-state index contributed by atoms with van der Waals surface area (Å²) >= 11 is 0. The van der Waals surface area contributed by atoms with Crippen molar-refractivity contribution >= 4 is 16.0 Å². The maximum atomic E-state index is 14.0. The Balaban J connectivity index is 1.75. The van der Waals surface area contributed by atoms with Crippen molar-refractivity contribution in [2.24, 2.45) is 0 Å². The van der Waals surface area contributed by atoms with E-state index in [0.717, 1.165) is 12.1 Å². The third-order valence-electron chi connectivity index (χ3n) is 4.54. The molecule has 1 atom stereocenters. The molecule has 0 N–H and O–H groups in total. The van der Waals surface area contributed by atoms with Crippen LogP contribution in [0, 0.1) is 24.4 Å². The number of fused-ring (bicyclic) bond motifs is 1. The normalized spacial score (nSPS) is 15.3. The zero-order valence-electron chi connectivity index (χ0n) is 15.7. The molecule has 158 valence electrons. The van der Waals surface area contributed by atoms with E-state index < -0.39 is 52.4 Å². The number of amides is 1. The van der Waals surface area contributed by atoms with Crippen molar-refractivity contribution < 1.29 is 30.6 Å². The van der Waals surface area contributed by atoms with E-state index in [0.29, 0.717) is 31.0 Å². The van der Waals surface area contributed by atoms with E-state index in [1.54, 1.807) is 6.92 Å². The first-order valence-corrected chi connectivity index (χ1v) is 10.5. The van der Waals surface area contributed by atoms with Crippen LogP contribution in [0.5, 0.6) is 0 Å². The number of benzene rings is 1. The van der Waals surface area contributed by atoms with Gasteiger partial charge in [0.15, 0.2) is 17.5 Å². The lowest BCUT2D eigenvalue weighted by Crippen LogP contribution is -2.40. The van der Waals surface area contributed by atoms with Crippen LogP contribution in [-0.4, -0.2) is 52.9 Å². The molecule has 2 aromatic rings. The van der Waals surface area contributed by atoms with Crippen LogP contribution in [0.3, 0.4) is 0 Å². The lowest BCUT2D eigenvalue weighted by Gasteiger charge is -2.29. The van der Waals surface area contributed by atoms with E-state index >= 15 is 0 Å². The maximum absolute atomic E-state index is 14.0. The van der Waals surface area contributed by atoms with E-state index in [1.807, 2.05) is 4.57 Å². The molecular weight excluding hydrogens is 413 g/mol. The van der Waals surface area contributed by atoms with E-state index in [4.69, 9.17) is 4.18 Å². The summed E-state index contributed by atoms with van der Waals surface area (Å²) in [5, 5.41) is 7.94. The highest BCUT2D eigenvalue weighted by molar-refractivity contribution is 7.86. The van der Waals surface area contributed by atoms with Gasteiger partial charge in [0, 0.05) is 25.6 Å². The van der Waals surface area contributed by atoms with Crippen LogP contribution < -0.4 is 0 Å². The topological polar surface area (TPSA) is 94.4 Å². The van der Waals surface area contributed by atoms with Crippen LogP contribution in [0.1, 0.15) is 23.6 Å². The van der Waals surface area contributed by atoms with Crippen molar-refractivity contribution in [2.45, 2.75) is 39.0 Å². The monoisotopic (exact) mass is 432 g/mol. The van der Waals surface area contributed by atoms with E-state index in [9.17, 15) is 26.4 Å². The largest absolute Gasteiger partial charge is 0.333 e. The van der Waals surface area contributed by atoms with Gasteiger partial charge in [0.05, 0.1) is 25.3 Å². The van der Waals surface area contributed by atoms with Gasteiger partial charge < -0.3 is 9.47 Å². The number of carbonyl (C=O) groups excluding carboxylic acids is 1. The Kier molecular flexibility index (Phi) is 5.94. The quantitative estimate of drug-likeness (QED) is 0.505. The summed E-state index contributed by atoms with van der Waals surface area (Å²) in [5.41, 5.74) is -0.292. The van der Waals surface area contributed by atoms with Crippen molar-refractivity contribution in [3.05, 3.63) is 46.8 Å². The Labute approximate surface area is 165 Å². The van der Waals surface area contributed by atoms with Crippen LogP contribution in [0.2, 0.25) is 0 Å². The fourth-order valence-electron chi connectivity index (χ4n) is 3.19. The van der Waals surface area contributed by atoms with Crippen LogP contribution in [0.15, 0.2) is 12.1 Å². The molecule has 12 heteroatoms. The average Bonchev–Trinajstić information content (AvgIpc) is 2.98. The molecule has 0 spiro atoms. The van der Waals surface area contributed by atoms with Crippen LogP contribution in [0.25, 0.3) is 0 Å². The van der Waals surface area contributed by atoms with Gasteiger partial charge in [0.25, 0.3) is 10.1 Å². The van der Waals surface area contributed by atoms with Gasteiger partial charge in [-0.15, -0.1) is 10.2 Å². The van der Waals surface area contributed by atoms with Gasteiger partial charge in [0.2, 0.25) is 5.91 Å². The predicted molar refractivity (Wildman–Crippen MR) is 94.5 cm³/mol. The Morgan fingerprint density at radius 3 is 2.55 bits per heavy atom. The Morgan fingerprint density at radius 1 is 1.17 bits per heavy atom. The summed E-state index contributed by atoms with van der Waals surface area (Å²) in [6.07, 6.45) is -1.31. The minimum atomic E-state index is -3.98. The number of nitrogens with zero attached hydrogens (tertiary/aromatic N) is 4. The van der Waals surface area contributed by atoms with Crippen molar-refractivity contribution in [1.29, 1.82) is 0 Å². The highest BCUT2D eigenvalue weighted by Gasteiger charge is 2.28. The predicted octanol–water partition coefficient (Wildman–Crippen LogP) is 1.32. The summed E-state index contributed by atoms with van der Waals surface area (Å²) in [5.74, 6) is -2.82. The summed E-state index contributed by atoms with van der Waals surface area (Å²) in [4.78, 5) is 14.1. The van der Waals surface area contributed by atoms with Crippen molar-refractivity contribution in [3.8, 4) is 0 Å². The molecular formula is C17H19F3N4O4S. The first-order valence-electron chi connectivity index (χ1n) is 8.71. The first kappa shape index (κ1) is 21.2. The molecule has 3 rings (SSSR count). The smallest absolute Gasteiger partial charge is 0.264 e. The highest BCUT2D eigenvalue weighted by Crippen LogP contribution is 2.20. The molecule has 0 saturated carbocycles. The Hall–Kier alpha value is -2.47. The molecule has 0 aliphatic carbocycles. The van der Waals surface area contributed by atoms with Crippen molar-refractivity contribution in [1.82, 2.24) is 19.7 Å². The van der Waals surface area contributed by atoms with Crippen LogP contribution in [-0.2, 0) is 38.6 Å². The first-order chi connectivity index (χ1) is 13.5. The molecule has 8 nitrogen and oxygen atoms in total. The lowest BCUT2D eigenvalue weighted by molar-refractivity contribution is -0.134. The van der Waals surface area contributed by atoms with Gasteiger partial charge in [-0.2, -0.15) is 8.42 Å². The molecule has 2 heterocycles. The molecule has 1 aromatic heterocycles. The average molecular weight is 432 g/mol. The minimum absolute atomic E-state index is 0.185. The molecule has 0 saturated heterocycles. The third-order valence-corrected chi connectivity index (χ3v) is 5.16. The molecule has 0 bridgehead atoms. The molecule has 1 aromatic carbocycles. The number of aryl methyl sites for hydroxylation is 1. The van der Waals surface area contributed by atoms with Crippen LogP contribution in [0.4, 0.5) is 13.2 Å². The van der Waals surface area contributed by atoms with Crippen molar-refractivity contribution in [2.75, 3.05) is 12.8 Å². The minimum Gasteiger partial charge on any atom is -0.333 e. The number of aromatic nitrogens is 3. The molecule has 0 radical (unpaired) electrons. The fraction of sp³-hybridized carbons (Fsp3) is 0.471. The molecule has 0 fully saturated rings. The Morgan fingerprint density at radius 2 is 1.86 bits per heavy atom. The van der Waals surface area contributed by atoms with Gasteiger partial charge in [-0.05, 0) is 18.6 Å². The van der Waals surface area contributed by atoms with Gasteiger partial charge >= 0.3 is 0 Å². The fourth-order valence-corrected chi connectivity index (χ4v) is 3.82. The number of halogens is 3. The summed E-state index contributed by atoms with van der Waals surface area (Å²) in [6.45, 7) is 2.82. The second kappa shape index (κ2) is 8.11. The SMILES string of the molecule is Cc1nnc2n1CCN(C(=O)C[C@@H](Cc1cc(F)c(F)cc1F)OS(C)(=O)=O)C2. The lowest BCUT2D eigenvalue weighted by atomic mass is 10.0. The number of hydrogen-bond donors (Lipinski definition) is 0. The van der Waals surface area contributed by atoms with Crippen molar-refractivity contribution in [3.63, 3.8) is 0 Å². The maximum Gasteiger partial charge on any atom is 0.264 e. The zero-order valence-corrected chi connectivity index (χ0v) is 16.5. The van der Waals surface area contributed by atoms with Gasteiger partial charge in [-0.3, -0.25) is 8.98 Å². The van der Waals surface area contributed by atoms with E-state index in [1.165, 1.54) is 4.90 Å². The Bertz CT molecular complexity index is 1040. The molecule has 1 amide bonds. The summed E-state index contributed by atoms with van der Waals surface area (Å²) < 4.78 is 70.4. The van der Waals surface area contributed by atoms with E-state index in [2.05, 4.69) is 10.2 Å². The third kappa shape index (κ3) is 5.12.